The van der Waals surface area contributed by atoms with E-state index in [9.17, 15) is 0 Å². The van der Waals surface area contributed by atoms with Crippen molar-refractivity contribution in [3.63, 3.8) is 0 Å². The number of furan rings is 1. The summed E-state index contributed by atoms with van der Waals surface area (Å²) in [6.07, 6.45) is 0. The molecule has 2 rings (SSSR count). The first-order chi connectivity index (χ1) is 7.66. The highest BCUT2D eigenvalue weighted by Gasteiger charge is 2.06. The largest absolute Gasteiger partial charge is 0.458 e. The molecular weight excluding hydrogens is 200 g/mol. The first-order valence-corrected chi connectivity index (χ1v) is 5.13. The Balaban J connectivity index is 2.32. The molecule has 0 saturated carbocycles. The van der Waals surface area contributed by atoms with Gasteiger partial charge in [0.15, 0.2) is 11.6 Å². The van der Waals surface area contributed by atoms with Crippen molar-refractivity contribution in [1.29, 1.82) is 0 Å². The number of benzene rings is 1. The Hall–Kier alpha value is -2.03. The molecule has 0 aliphatic heterocycles. The second-order valence-electron chi connectivity index (χ2n) is 3.68. The van der Waals surface area contributed by atoms with Crippen LogP contribution in [0.5, 0.6) is 0 Å². The molecule has 0 fully saturated rings. The fourth-order valence-corrected chi connectivity index (χ4v) is 1.40. The first kappa shape index (κ1) is 10.5. The molecule has 0 atom stereocenters. The zero-order valence-corrected chi connectivity index (χ0v) is 9.40. The molecule has 2 aromatic rings. The summed E-state index contributed by atoms with van der Waals surface area (Å²) in [5.41, 5.74) is 7.78. The summed E-state index contributed by atoms with van der Waals surface area (Å²) in [7, 11) is 0. The summed E-state index contributed by atoms with van der Waals surface area (Å²) in [4.78, 5) is 4.28. The van der Waals surface area contributed by atoms with Gasteiger partial charge in [-0.15, -0.1) is 0 Å². The van der Waals surface area contributed by atoms with Crippen LogP contribution in [0.2, 0.25) is 0 Å². The fourth-order valence-electron chi connectivity index (χ4n) is 1.40. The molecule has 1 aromatic carbocycles. The van der Waals surface area contributed by atoms with Crippen molar-refractivity contribution in [3.05, 3.63) is 53.5 Å². The van der Waals surface area contributed by atoms with E-state index >= 15 is 0 Å². The van der Waals surface area contributed by atoms with E-state index in [-0.39, 0.29) is 0 Å². The summed E-state index contributed by atoms with van der Waals surface area (Å²) in [5, 5.41) is 0. The van der Waals surface area contributed by atoms with Crippen molar-refractivity contribution in [1.82, 2.24) is 0 Å². The van der Waals surface area contributed by atoms with Crippen molar-refractivity contribution in [2.45, 2.75) is 13.8 Å². The predicted molar refractivity (Wildman–Crippen MR) is 65.0 cm³/mol. The van der Waals surface area contributed by atoms with E-state index in [0.29, 0.717) is 11.6 Å². The maximum Gasteiger partial charge on any atom is 0.169 e. The van der Waals surface area contributed by atoms with E-state index < -0.39 is 0 Å². The number of nitrogens with zero attached hydrogens (tertiary/aromatic N) is 1. The topological polar surface area (TPSA) is 51.5 Å². The normalized spacial score (nSPS) is 11.8. The fraction of sp³-hybridized carbons (Fsp3) is 0.154. The smallest absolute Gasteiger partial charge is 0.169 e. The van der Waals surface area contributed by atoms with E-state index in [1.54, 1.807) is 0 Å². The molecule has 3 heteroatoms. The number of nitrogens with two attached hydrogens (primary N) is 1. The number of para-hydroxylation sites is 1. The molecule has 82 valence electrons. The van der Waals surface area contributed by atoms with Crippen LogP contribution in [-0.2, 0) is 0 Å². The van der Waals surface area contributed by atoms with Crippen LogP contribution >= 0.6 is 0 Å². The maximum absolute atomic E-state index is 5.87. The molecule has 0 saturated heterocycles. The van der Waals surface area contributed by atoms with Crippen molar-refractivity contribution in [2.75, 3.05) is 0 Å². The van der Waals surface area contributed by atoms with E-state index in [0.717, 1.165) is 17.0 Å². The number of hydrogen-bond acceptors (Lipinski definition) is 2. The molecule has 0 amide bonds. The molecule has 0 aliphatic rings. The Kier molecular flexibility index (Phi) is 2.77. The Morgan fingerprint density at radius 2 is 1.88 bits per heavy atom. The quantitative estimate of drug-likeness (QED) is 0.617. The lowest BCUT2D eigenvalue weighted by molar-refractivity contribution is 0.522. The predicted octanol–water partition coefficient (Wildman–Crippen LogP) is 2.93. The first-order valence-electron chi connectivity index (χ1n) is 5.13. The van der Waals surface area contributed by atoms with Crippen molar-refractivity contribution < 1.29 is 4.42 Å². The SMILES string of the molecule is Cc1cc(C(N)=Nc2ccccc2)oc1C. The number of rotatable bonds is 2. The molecule has 2 N–H and O–H groups in total. The van der Waals surface area contributed by atoms with Gasteiger partial charge >= 0.3 is 0 Å². The van der Waals surface area contributed by atoms with E-state index in [4.69, 9.17) is 10.2 Å². The minimum Gasteiger partial charge on any atom is -0.458 e. The summed E-state index contributed by atoms with van der Waals surface area (Å²) in [6.45, 7) is 3.90. The molecule has 0 unspecified atom stereocenters. The van der Waals surface area contributed by atoms with Crippen LogP contribution in [0, 0.1) is 13.8 Å². The monoisotopic (exact) mass is 214 g/mol. The third-order valence-corrected chi connectivity index (χ3v) is 2.42. The highest BCUT2D eigenvalue weighted by Crippen LogP contribution is 2.15. The maximum atomic E-state index is 5.87. The lowest BCUT2D eigenvalue weighted by Gasteiger charge is -1.96. The summed E-state index contributed by atoms with van der Waals surface area (Å²) >= 11 is 0. The van der Waals surface area contributed by atoms with Crippen molar-refractivity contribution >= 4 is 11.5 Å². The number of aryl methyl sites for hydroxylation is 2. The van der Waals surface area contributed by atoms with Crippen LogP contribution in [0.4, 0.5) is 5.69 Å². The second kappa shape index (κ2) is 4.23. The van der Waals surface area contributed by atoms with E-state index in [1.165, 1.54) is 0 Å². The standard InChI is InChI=1S/C13H14N2O/c1-9-8-12(16-10(9)2)13(14)15-11-6-4-3-5-7-11/h3-8H,1-2H3,(H2,14,15). The Morgan fingerprint density at radius 3 is 2.44 bits per heavy atom. The molecule has 0 aliphatic carbocycles. The zero-order chi connectivity index (χ0) is 11.5. The molecule has 0 bridgehead atoms. The minimum atomic E-state index is 0.405. The average Bonchev–Trinajstić information content (AvgIpc) is 2.61. The molecule has 1 heterocycles. The van der Waals surface area contributed by atoms with Crippen LogP contribution in [-0.4, -0.2) is 5.84 Å². The Labute approximate surface area is 94.6 Å². The van der Waals surface area contributed by atoms with Gasteiger partial charge < -0.3 is 10.2 Å². The average molecular weight is 214 g/mol. The zero-order valence-electron chi connectivity index (χ0n) is 9.40. The van der Waals surface area contributed by atoms with Gasteiger partial charge in [0.2, 0.25) is 0 Å². The second-order valence-corrected chi connectivity index (χ2v) is 3.68. The van der Waals surface area contributed by atoms with Crippen LogP contribution in [0.15, 0.2) is 45.8 Å². The van der Waals surface area contributed by atoms with Gasteiger partial charge in [-0.2, -0.15) is 0 Å². The lowest BCUT2D eigenvalue weighted by Crippen LogP contribution is -2.11. The molecular formula is C13H14N2O. The highest BCUT2D eigenvalue weighted by atomic mass is 16.3. The van der Waals surface area contributed by atoms with Crippen LogP contribution in [0.1, 0.15) is 17.1 Å². The van der Waals surface area contributed by atoms with Gasteiger partial charge in [-0.05, 0) is 37.6 Å². The summed E-state index contributed by atoms with van der Waals surface area (Å²) in [5.74, 6) is 1.91. The minimum absolute atomic E-state index is 0.405. The van der Waals surface area contributed by atoms with Gasteiger partial charge in [-0.25, -0.2) is 4.99 Å². The molecule has 0 radical (unpaired) electrons. The van der Waals surface area contributed by atoms with E-state index in [2.05, 4.69) is 4.99 Å². The van der Waals surface area contributed by atoms with Crippen molar-refractivity contribution in [2.24, 2.45) is 10.7 Å². The van der Waals surface area contributed by atoms with E-state index in [1.807, 2.05) is 50.2 Å². The van der Waals surface area contributed by atoms with Gasteiger partial charge in [0.05, 0.1) is 5.69 Å². The van der Waals surface area contributed by atoms with Gasteiger partial charge in [0.25, 0.3) is 0 Å². The van der Waals surface area contributed by atoms with Gasteiger partial charge in [0.1, 0.15) is 5.76 Å². The van der Waals surface area contributed by atoms with Gasteiger partial charge in [-0.3, -0.25) is 0 Å². The van der Waals surface area contributed by atoms with Crippen LogP contribution in [0.25, 0.3) is 0 Å². The number of aliphatic imine (C=N–C) groups is 1. The Bertz CT molecular complexity index is 492. The number of hydrogen-bond donors (Lipinski definition) is 1. The summed E-state index contributed by atoms with van der Waals surface area (Å²) < 4.78 is 5.49. The highest BCUT2D eigenvalue weighted by molar-refractivity contribution is 5.96. The molecule has 0 spiro atoms. The van der Waals surface area contributed by atoms with Gasteiger partial charge in [-0.1, -0.05) is 18.2 Å². The van der Waals surface area contributed by atoms with Gasteiger partial charge in [0, 0.05) is 0 Å². The van der Waals surface area contributed by atoms with Crippen LogP contribution < -0.4 is 5.73 Å². The lowest BCUT2D eigenvalue weighted by atomic mass is 10.3. The molecule has 16 heavy (non-hydrogen) atoms. The third-order valence-electron chi connectivity index (χ3n) is 2.42. The third kappa shape index (κ3) is 2.14. The number of amidine groups is 1. The molecule has 3 nitrogen and oxygen atoms in total. The Morgan fingerprint density at radius 1 is 1.19 bits per heavy atom. The van der Waals surface area contributed by atoms with Crippen LogP contribution in [0.3, 0.4) is 0 Å². The molecule has 1 aromatic heterocycles. The summed E-state index contributed by atoms with van der Waals surface area (Å²) in [6, 6.07) is 11.5. The van der Waals surface area contributed by atoms with Crippen molar-refractivity contribution in [3.8, 4) is 0 Å².